The Morgan fingerprint density at radius 1 is 0.750 bits per heavy atom. The van der Waals surface area contributed by atoms with Crippen LogP contribution in [0.5, 0.6) is 0 Å². The van der Waals surface area contributed by atoms with Crippen LogP contribution >= 0.6 is 0 Å². The van der Waals surface area contributed by atoms with E-state index in [0.29, 0.717) is 0 Å². The lowest BCUT2D eigenvalue weighted by molar-refractivity contribution is -0.936. The average Bonchev–Trinajstić information content (AvgIpc) is 2.78. The van der Waals surface area contributed by atoms with Gasteiger partial charge in [-0.05, 0) is 25.7 Å². The Balaban J connectivity index is 0.00000961. The van der Waals surface area contributed by atoms with Gasteiger partial charge < -0.3 is 16.9 Å². The van der Waals surface area contributed by atoms with E-state index >= 15 is 0 Å². The van der Waals surface area contributed by atoms with Gasteiger partial charge in [-0.15, -0.1) is 0 Å². The molecule has 0 saturated heterocycles. The minimum Gasteiger partial charge on any atom is -1.00 e. The van der Waals surface area contributed by atoms with E-state index in [4.69, 9.17) is 0 Å². The van der Waals surface area contributed by atoms with E-state index in [2.05, 4.69) is 56.8 Å². The summed E-state index contributed by atoms with van der Waals surface area (Å²) in [5.74, 6) is 0. The van der Waals surface area contributed by atoms with Crippen molar-refractivity contribution in [3.63, 3.8) is 0 Å². The maximum absolute atomic E-state index is 9.49. The molecule has 0 amide bonds. The maximum atomic E-state index is 9.49. The normalized spacial score (nSPS) is 11.0. The highest BCUT2D eigenvalue weighted by molar-refractivity contribution is 5.17. The molecule has 0 N–H and O–H groups in total. The number of rotatable bonds is 20. The number of hydrogen-bond donors (Lipinski definition) is 0. The maximum Gasteiger partial charge on any atom is 0.114 e. The van der Waals surface area contributed by atoms with Gasteiger partial charge in [0.25, 0.3) is 0 Å². The molecule has 0 unspecified atom stereocenters. The van der Waals surface area contributed by atoms with Crippen LogP contribution in [0.4, 0.5) is 0 Å². The van der Waals surface area contributed by atoms with Crippen LogP contribution in [0.3, 0.4) is 0 Å². The average molecular weight is 461 g/mol. The molecular formula is C29H49ClN2. The first-order valence-corrected chi connectivity index (χ1v) is 13.1. The smallest absolute Gasteiger partial charge is 0.114 e. The topological polar surface area (TPSA) is 23.8 Å². The van der Waals surface area contributed by atoms with Gasteiger partial charge >= 0.3 is 0 Å². The van der Waals surface area contributed by atoms with Gasteiger partial charge in [-0.25, -0.2) is 0 Å². The van der Waals surface area contributed by atoms with Gasteiger partial charge in [0.2, 0.25) is 0 Å². The first-order valence-electron chi connectivity index (χ1n) is 13.1. The molecule has 3 heteroatoms. The van der Waals surface area contributed by atoms with E-state index in [0.717, 1.165) is 23.1 Å². The van der Waals surface area contributed by atoms with Gasteiger partial charge in [-0.2, -0.15) is 5.26 Å². The van der Waals surface area contributed by atoms with Crippen molar-refractivity contribution in [1.29, 1.82) is 5.26 Å². The molecular weight excluding hydrogens is 412 g/mol. The summed E-state index contributed by atoms with van der Waals surface area (Å²) in [5, 5.41) is 9.49. The molecule has 1 aromatic carbocycles. The minimum absolute atomic E-state index is 0. The van der Waals surface area contributed by atoms with Crippen LogP contribution in [-0.4, -0.2) is 24.1 Å². The monoisotopic (exact) mass is 460 g/mol. The van der Waals surface area contributed by atoms with Crippen molar-refractivity contribution in [2.45, 2.75) is 110 Å². The van der Waals surface area contributed by atoms with Crippen molar-refractivity contribution in [1.82, 2.24) is 0 Å². The van der Waals surface area contributed by atoms with Crippen LogP contribution in [0, 0.1) is 11.3 Å². The molecule has 0 spiro atoms. The Kier molecular flexibility index (Phi) is 19.5. The van der Waals surface area contributed by atoms with E-state index < -0.39 is 0 Å². The van der Waals surface area contributed by atoms with Crippen molar-refractivity contribution in [3.05, 3.63) is 48.0 Å². The van der Waals surface area contributed by atoms with E-state index in [1.165, 1.54) is 109 Å². The Labute approximate surface area is 206 Å². The van der Waals surface area contributed by atoms with Crippen molar-refractivity contribution in [2.75, 3.05) is 19.6 Å². The summed E-state index contributed by atoms with van der Waals surface area (Å²) in [4.78, 5) is 0. The molecule has 0 aromatic heterocycles. The molecule has 0 heterocycles. The third-order valence-electron chi connectivity index (χ3n) is 6.52. The van der Waals surface area contributed by atoms with Crippen molar-refractivity contribution < 1.29 is 16.9 Å². The Morgan fingerprint density at radius 3 is 1.62 bits per heavy atom. The number of unbranched alkanes of at least 4 members (excludes halogenated alkanes) is 12. The first kappa shape index (κ1) is 30.7. The summed E-state index contributed by atoms with van der Waals surface area (Å²) in [6.07, 6.45) is 18.7. The Bertz CT molecular complexity index is 587. The number of quaternary nitrogens is 1. The highest BCUT2D eigenvalue weighted by atomic mass is 35.5. The van der Waals surface area contributed by atoms with Gasteiger partial charge in [0.15, 0.2) is 0 Å². The second-order valence-corrected chi connectivity index (χ2v) is 9.55. The van der Waals surface area contributed by atoms with Crippen LogP contribution < -0.4 is 12.4 Å². The summed E-state index contributed by atoms with van der Waals surface area (Å²) in [6, 6.07) is 13.2. The number of benzene rings is 1. The molecule has 0 aliphatic rings. The highest BCUT2D eigenvalue weighted by Gasteiger charge is 2.28. The minimum atomic E-state index is 0. The van der Waals surface area contributed by atoms with E-state index in [1.807, 2.05) is 0 Å². The zero-order valence-corrected chi connectivity index (χ0v) is 21.9. The van der Waals surface area contributed by atoms with Gasteiger partial charge in [0.1, 0.15) is 13.1 Å². The molecule has 0 radical (unpaired) electrons. The van der Waals surface area contributed by atoms with Crippen molar-refractivity contribution in [2.24, 2.45) is 0 Å². The van der Waals surface area contributed by atoms with Crippen LogP contribution in [-0.2, 0) is 6.54 Å². The van der Waals surface area contributed by atoms with Crippen molar-refractivity contribution in [3.8, 4) is 6.07 Å². The fourth-order valence-electron chi connectivity index (χ4n) is 4.70. The largest absolute Gasteiger partial charge is 1.00 e. The molecule has 0 atom stereocenters. The lowest BCUT2D eigenvalue weighted by Gasteiger charge is -2.39. The summed E-state index contributed by atoms with van der Waals surface area (Å²) < 4.78 is 1.00. The Morgan fingerprint density at radius 2 is 1.19 bits per heavy atom. The first-order chi connectivity index (χ1) is 15.2. The van der Waals surface area contributed by atoms with E-state index in [1.54, 1.807) is 0 Å². The van der Waals surface area contributed by atoms with Crippen LogP contribution in [0.15, 0.2) is 42.5 Å². The molecule has 1 rings (SSSR count). The molecule has 0 saturated carbocycles. The standard InChI is InChI=1S/C29H49N2.ClH/c1-4-6-8-10-12-14-19-23-31(26-28(3)25-30,27-29-21-17-16-18-22-29)24-20-15-13-11-9-7-5-2;/h16-18,21-22H,3-15,19-20,23-24,26-27H2,1-2H3;1H/q+1;/p-1. The summed E-state index contributed by atoms with van der Waals surface area (Å²) in [6.45, 7) is 12.8. The van der Waals surface area contributed by atoms with Crippen LogP contribution in [0.1, 0.15) is 109 Å². The van der Waals surface area contributed by atoms with Crippen molar-refractivity contribution >= 4 is 0 Å². The van der Waals surface area contributed by atoms with E-state index in [-0.39, 0.29) is 12.4 Å². The number of hydrogen-bond acceptors (Lipinski definition) is 1. The summed E-state index contributed by atoms with van der Waals surface area (Å²) >= 11 is 0. The molecule has 0 aliphatic carbocycles. The molecule has 0 aliphatic heterocycles. The zero-order chi connectivity index (χ0) is 22.6. The molecule has 0 fully saturated rings. The quantitative estimate of drug-likeness (QED) is 0.141. The third kappa shape index (κ3) is 14.7. The molecule has 1 aromatic rings. The highest BCUT2D eigenvalue weighted by Crippen LogP contribution is 2.22. The van der Waals surface area contributed by atoms with Gasteiger partial charge in [-0.1, -0.05) is 115 Å². The van der Waals surface area contributed by atoms with Gasteiger partial charge in [0.05, 0.1) is 24.7 Å². The lowest BCUT2D eigenvalue weighted by atomic mass is 10.0. The molecule has 0 bridgehead atoms. The van der Waals surface area contributed by atoms with Crippen LogP contribution in [0.2, 0.25) is 0 Å². The predicted octanol–water partition coefficient (Wildman–Crippen LogP) is 5.59. The molecule has 2 nitrogen and oxygen atoms in total. The molecule has 32 heavy (non-hydrogen) atoms. The second-order valence-electron chi connectivity index (χ2n) is 9.55. The second kappa shape index (κ2) is 20.3. The van der Waals surface area contributed by atoms with Crippen LogP contribution in [0.25, 0.3) is 0 Å². The fraction of sp³-hybridized carbons (Fsp3) is 0.690. The molecule has 182 valence electrons. The summed E-state index contributed by atoms with van der Waals surface area (Å²) in [7, 11) is 0. The van der Waals surface area contributed by atoms with Gasteiger partial charge in [0, 0.05) is 5.56 Å². The fourth-order valence-corrected chi connectivity index (χ4v) is 4.70. The Hall–Kier alpha value is -1.30. The zero-order valence-electron chi connectivity index (χ0n) is 21.1. The van der Waals surface area contributed by atoms with Gasteiger partial charge in [-0.3, -0.25) is 0 Å². The lowest BCUT2D eigenvalue weighted by Crippen LogP contribution is -3.00. The third-order valence-corrected chi connectivity index (χ3v) is 6.52. The summed E-state index contributed by atoms with van der Waals surface area (Å²) in [5.41, 5.74) is 2.13. The number of halogens is 1. The number of nitrogens with zero attached hydrogens (tertiary/aromatic N) is 2. The SMILES string of the molecule is C=C(C#N)C[N+](CCCCCCCCC)(CCCCCCCCC)Cc1ccccc1.[Cl-]. The van der Waals surface area contributed by atoms with E-state index in [9.17, 15) is 5.26 Å². The number of nitriles is 1. The predicted molar refractivity (Wildman–Crippen MR) is 136 cm³/mol.